The molecule has 0 radical (unpaired) electrons. The van der Waals surface area contributed by atoms with Gasteiger partial charge in [0.15, 0.2) is 0 Å². The second-order valence-electron chi connectivity index (χ2n) is 0.448. The Kier molecular flexibility index (Phi) is 27.3. The summed E-state index contributed by atoms with van der Waals surface area (Å²) in [6.45, 7) is 0. The molecule has 0 spiro atoms. The summed E-state index contributed by atoms with van der Waals surface area (Å²) < 4.78 is 31.6. The van der Waals surface area contributed by atoms with E-state index < -0.39 is 10.4 Å². The molecular weight excluding hydrogens is 292 g/mol. The van der Waals surface area contributed by atoms with Crippen molar-refractivity contribution in [3.8, 4) is 0 Å². The predicted molar refractivity (Wildman–Crippen MR) is 37.1 cm³/mol. The molecule has 8 heavy (non-hydrogen) atoms. The van der Waals surface area contributed by atoms with Crippen LogP contribution in [-0.4, -0.2) is 96.0 Å². The third-order valence-corrected chi connectivity index (χ3v) is 0. The molecule has 0 heterocycles. The van der Waals surface area contributed by atoms with Crippen molar-refractivity contribution in [1.29, 1.82) is 0 Å². The first-order valence-electron chi connectivity index (χ1n) is 0.698. The second kappa shape index (κ2) is 9.73. The van der Waals surface area contributed by atoms with Crippen LogP contribution in [0.5, 0.6) is 0 Å². The maximum atomic E-state index is 8.74. The van der Waals surface area contributed by atoms with E-state index in [0.29, 0.717) is 0 Å². The summed E-state index contributed by atoms with van der Waals surface area (Å²) >= 11 is 0. The molecule has 0 unspecified atom stereocenters. The minimum atomic E-state index is -4.67. The van der Waals surface area contributed by atoms with Crippen molar-refractivity contribution in [3.63, 3.8) is 0 Å². The Labute approximate surface area is 116 Å². The van der Waals surface area contributed by atoms with Gasteiger partial charge in [-0.2, -0.15) is 8.42 Å². The van der Waals surface area contributed by atoms with Gasteiger partial charge in [0.1, 0.15) is 0 Å². The van der Waals surface area contributed by atoms with Gasteiger partial charge in [-0.25, -0.2) is 0 Å². The zero-order valence-corrected chi connectivity index (χ0v) is 4.16. The molecule has 0 saturated heterocycles. The van der Waals surface area contributed by atoms with Crippen LogP contribution in [0.2, 0.25) is 0 Å². The average Bonchev–Trinajstić information content (AvgIpc) is 0.722. The van der Waals surface area contributed by atoms with E-state index in [0.717, 1.165) is 0 Å². The quantitative estimate of drug-likeness (QED) is 0.409. The van der Waals surface area contributed by atoms with Crippen molar-refractivity contribution in [1.82, 2.24) is 0 Å². The number of halogens is 1. The zero-order valence-electron chi connectivity index (χ0n) is 2.53. The van der Waals surface area contributed by atoms with Crippen LogP contribution in [0.15, 0.2) is 0 Å². The van der Waals surface area contributed by atoms with E-state index in [1.807, 2.05) is 0 Å². The fourth-order valence-electron chi connectivity index (χ4n) is 0. The zero-order chi connectivity index (χ0) is 4.50. The normalized spacial score (nSPS) is 7.25. The fourth-order valence-corrected chi connectivity index (χ4v) is 0. The van der Waals surface area contributed by atoms with Gasteiger partial charge in [0.2, 0.25) is 0 Å². The summed E-state index contributed by atoms with van der Waals surface area (Å²) in [7, 11) is -4.67. The first-order valence-corrected chi connectivity index (χ1v) is 2.10. The molecule has 4 nitrogen and oxygen atoms in total. The third-order valence-electron chi connectivity index (χ3n) is 0. The van der Waals surface area contributed by atoms with Crippen LogP contribution in [0, 0.1) is 0 Å². The molecule has 0 rings (SSSR count). The van der Waals surface area contributed by atoms with Crippen LogP contribution in [-0.2, 0) is 10.4 Å². The Bertz CT molecular complexity index is 99.2. The number of hydrogen-bond acceptors (Lipinski definition) is 2. The van der Waals surface area contributed by atoms with Crippen molar-refractivity contribution in [2.24, 2.45) is 0 Å². The van der Waals surface area contributed by atoms with Crippen molar-refractivity contribution in [2.45, 2.75) is 0 Å². The van der Waals surface area contributed by atoms with Gasteiger partial charge >= 0.3 is 88.8 Å². The Morgan fingerprint density at radius 2 is 1.12 bits per heavy atom. The Morgan fingerprint density at radius 1 is 1.12 bits per heavy atom. The van der Waals surface area contributed by atoms with E-state index >= 15 is 0 Å². The predicted octanol–water partition coefficient (Wildman–Crippen LogP) is -1.80. The number of rotatable bonds is 0. The van der Waals surface area contributed by atoms with Crippen LogP contribution in [0.4, 0.5) is 0 Å². The summed E-state index contributed by atoms with van der Waals surface area (Å²) in [5.41, 5.74) is 0. The summed E-state index contributed by atoms with van der Waals surface area (Å²) in [6.07, 6.45) is 0. The van der Waals surface area contributed by atoms with Crippen LogP contribution < -0.4 is 0 Å². The molecule has 0 aliphatic heterocycles. The van der Waals surface area contributed by atoms with E-state index in [1.165, 1.54) is 0 Å². The van der Waals surface area contributed by atoms with Gasteiger partial charge in [-0.15, -0.1) is 12.4 Å². The van der Waals surface area contributed by atoms with Crippen molar-refractivity contribution in [2.75, 3.05) is 0 Å². The molecular formula is H6BaClNaO4S. The average molecular weight is 298 g/mol. The van der Waals surface area contributed by atoms with Crippen molar-refractivity contribution < 1.29 is 17.5 Å². The summed E-state index contributed by atoms with van der Waals surface area (Å²) in [6, 6.07) is 0. The minimum absolute atomic E-state index is 0. The fraction of sp³-hybridized carbons (Fsp3) is 0. The molecule has 0 aromatic rings. The van der Waals surface area contributed by atoms with Gasteiger partial charge in [0, 0.05) is 0 Å². The molecule has 0 fully saturated rings. The van der Waals surface area contributed by atoms with Crippen LogP contribution in [0.1, 0.15) is 0 Å². The van der Waals surface area contributed by atoms with E-state index in [9.17, 15) is 0 Å². The number of hydrogen-bond donors (Lipinski definition) is 2. The molecule has 0 atom stereocenters. The summed E-state index contributed by atoms with van der Waals surface area (Å²) in [5.74, 6) is 0. The van der Waals surface area contributed by atoms with Gasteiger partial charge in [-0.05, 0) is 0 Å². The molecule has 0 aromatic carbocycles. The molecule has 0 aliphatic carbocycles. The van der Waals surface area contributed by atoms with Gasteiger partial charge < -0.3 is 0 Å². The molecule has 2 N–H and O–H groups in total. The molecule has 0 bridgehead atoms. The van der Waals surface area contributed by atoms with E-state index in [4.69, 9.17) is 17.5 Å². The summed E-state index contributed by atoms with van der Waals surface area (Å²) in [4.78, 5) is 0. The van der Waals surface area contributed by atoms with Crippen molar-refractivity contribution in [3.05, 3.63) is 0 Å². The van der Waals surface area contributed by atoms with Gasteiger partial charge in [0.05, 0.1) is 0 Å². The summed E-state index contributed by atoms with van der Waals surface area (Å²) in [5, 5.41) is 0. The van der Waals surface area contributed by atoms with E-state index in [1.54, 1.807) is 0 Å². The van der Waals surface area contributed by atoms with Gasteiger partial charge in [0.25, 0.3) is 0 Å². The van der Waals surface area contributed by atoms with Crippen molar-refractivity contribution >= 4 is 101 Å². The van der Waals surface area contributed by atoms with Crippen LogP contribution in [0.3, 0.4) is 0 Å². The van der Waals surface area contributed by atoms with Crippen LogP contribution >= 0.6 is 12.4 Å². The molecule has 46 valence electrons. The van der Waals surface area contributed by atoms with Gasteiger partial charge in [-0.3, -0.25) is 9.11 Å². The second-order valence-corrected chi connectivity index (χ2v) is 1.34. The Hall–Kier alpha value is 2.73. The first kappa shape index (κ1) is 22.4. The Morgan fingerprint density at radius 3 is 1.12 bits per heavy atom. The van der Waals surface area contributed by atoms with Crippen LogP contribution in [0.25, 0.3) is 0 Å². The van der Waals surface area contributed by atoms with E-state index in [-0.39, 0.29) is 90.8 Å². The third kappa shape index (κ3) is 70.0. The standard InChI is InChI=1S/Ba.ClH.Na.H2O4S.3H/c;;;1-5(2,3)4;;;/h;1H;;(H2,1,2,3,4);;;. The first-order chi connectivity index (χ1) is 2.00. The monoisotopic (exact) mass is 298 g/mol. The molecule has 8 heteroatoms. The molecule has 0 saturated carbocycles. The van der Waals surface area contributed by atoms with E-state index in [2.05, 4.69) is 0 Å². The topological polar surface area (TPSA) is 74.6 Å². The van der Waals surface area contributed by atoms with Gasteiger partial charge in [-0.1, -0.05) is 0 Å². The Balaban J connectivity index is -0.0000000267. The SMILES string of the molecule is Cl.O=S(=O)(O)O.[BaH2].[NaH]. The molecule has 0 amide bonds. The molecule has 0 aromatic heterocycles. The maximum absolute atomic E-state index is 8.74. The molecule has 0 aliphatic rings.